The van der Waals surface area contributed by atoms with E-state index >= 15 is 0 Å². The fourth-order valence-electron chi connectivity index (χ4n) is 3.77. The normalized spacial score (nSPS) is 15.1. The molecule has 1 fully saturated rings. The average Bonchev–Trinajstić information content (AvgIpc) is 2.75. The molecular weight excluding hydrogens is 409 g/mol. The summed E-state index contributed by atoms with van der Waals surface area (Å²) in [5.41, 5.74) is 1.37. The predicted octanol–water partition coefficient (Wildman–Crippen LogP) is 4.71. The molecule has 0 atom stereocenters. The van der Waals surface area contributed by atoms with E-state index in [4.69, 9.17) is 4.74 Å². The number of hydrogen-bond donors (Lipinski definition) is 1. The van der Waals surface area contributed by atoms with Crippen molar-refractivity contribution in [1.29, 1.82) is 0 Å². The van der Waals surface area contributed by atoms with Crippen molar-refractivity contribution in [3.05, 3.63) is 48.8 Å². The van der Waals surface area contributed by atoms with Crippen molar-refractivity contribution < 1.29 is 13.9 Å². The van der Waals surface area contributed by atoms with Crippen molar-refractivity contribution in [3.63, 3.8) is 0 Å². The second-order valence-corrected chi connectivity index (χ2v) is 9.33. The fourth-order valence-corrected chi connectivity index (χ4v) is 3.77. The second-order valence-electron chi connectivity index (χ2n) is 9.33. The number of amides is 1. The minimum absolute atomic E-state index is 0.00331. The van der Waals surface area contributed by atoms with Crippen molar-refractivity contribution in [2.45, 2.75) is 46.1 Å². The van der Waals surface area contributed by atoms with Gasteiger partial charge in [0, 0.05) is 49.5 Å². The van der Waals surface area contributed by atoms with Crippen molar-refractivity contribution in [1.82, 2.24) is 19.9 Å². The van der Waals surface area contributed by atoms with Gasteiger partial charge in [-0.05, 0) is 29.7 Å². The molecule has 0 aliphatic carbocycles. The van der Waals surface area contributed by atoms with Gasteiger partial charge in [-0.25, -0.2) is 15.0 Å². The first-order valence-electron chi connectivity index (χ1n) is 10.8. The van der Waals surface area contributed by atoms with Crippen LogP contribution in [0.4, 0.5) is 15.9 Å². The molecule has 0 unspecified atom stereocenters. The molecule has 4 rings (SSSR count). The summed E-state index contributed by atoms with van der Waals surface area (Å²) in [7, 11) is 0. The molecule has 168 valence electrons. The molecule has 32 heavy (non-hydrogen) atoms. The number of aromatic nitrogens is 3. The summed E-state index contributed by atoms with van der Waals surface area (Å²) < 4.78 is 19.7. The average molecular weight is 438 g/mol. The van der Waals surface area contributed by atoms with Crippen LogP contribution < -0.4 is 10.1 Å². The number of nitrogens with zero attached hydrogens (tertiary/aromatic N) is 4. The molecule has 3 aromatic rings. The Labute approximate surface area is 187 Å². The third kappa shape index (κ3) is 5.49. The van der Waals surface area contributed by atoms with Crippen LogP contribution in [0.25, 0.3) is 10.9 Å². The summed E-state index contributed by atoms with van der Waals surface area (Å²) in [4.78, 5) is 26.3. The summed E-state index contributed by atoms with van der Waals surface area (Å²) in [6, 6.07) is 8.88. The first-order valence-corrected chi connectivity index (χ1v) is 10.8. The van der Waals surface area contributed by atoms with Crippen LogP contribution in [0, 0.1) is 11.4 Å². The lowest BCUT2D eigenvalue weighted by Crippen LogP contribution is -2.42. The maximum absolute atomic E-state index is 13.5. The Hall–Kier alpha value is -3.29. The van der Waals surface area contributed by atoms with E-state index in [2.05, 4.69) is 41.0 Å². The van der Waals surface area contributed by atoms with Gasteiger partial charge in [-0.1, -0.05) is 20.8 Å². The van der Waals surface area contributed by atoms with Gasteiger partial charge in [0.2, 0.25) is 11.9 Å². The first kappa shape index (κ1) is 21.9. The van der Waals surface area contributed by atoms with Crippen LogP contribution in [0.1, 0.15) is 40.0 Å². The van der Waals surface area contributed by atoms with Crippen molar-refractivity contribution in [2.75, 3.05) is 18.4 Å². The number of rotatable bonds is 5. The highest BCUT2D eigenvalue weighted by Gasteiger charge is 2.26. The van der Waals surface area contributed by atoms with Gasteiger partial charge in [0.15, 0.2) is 0 Å². The highest BCUT2D eigenvalue weighted by Crippen LogP contribution is 2.26. The molecule has 0 spiro atoms. The molecule has 1 saturated heterocycles. The zero-order valence-electron chi connectivity index (χ0n) is 18.6. The van der Waals surface area contributed by atoms with E-state index in [1.807, 2.05) is 29.2 Å². The largest absolute Gasteiger partial charge is 0.490 e. The van der Waals surface area contributed by atoms with E-state index in [0.29, 0.717) is 23.1 Å². The number of carbonyl (C=O) groups excluding carboxylic acids is 1. The van der Waals surface area contributed by atoms with Gasteiger partial charge < -0.3 is 15.0 Å². The van der Waals surface area contributed by atoms with Crippen LogP contribution in [0.3, 0.4) is 0 Å². The summed E-state index contributed by atoms with van der Waals surface area (Å²) in [6.45, 7) is 7.71. The van der Waals surface area contributed by atoms with E-state index in [1.54, 1.807) is 0 Å². The highest BCUT2D eigenvalue weighted by atomic mass is 19.1. The Morgan fingerprint density at radius 2 is 1.88 bits per heavy atom. The monoisotopic (exact) mass is 437 g/mol. The van der Waals surface area contributed by atoms with Gasteiger partial charge in [0.25, 0.3) is 0 Å². The third-order valence-electron chi connectivity index (χ3n) is 5.38. The van der Waals surface area contributed by atoms with Gasteiger partial charge >= 0.3 is 0 Å². The van der Waals surface area contributed by atoms with Crippen molar-refractivity contribution >= 4 is 28.3 Å². The number of carbonyl (C=O) groups is 1. The number of hydrogen-bond acceptors (Lipinski definition) is 6. The quantitative estimate of drug-likeness (QED) is 0.582. The Morgan fingerprint density at radius 1 is 1.16 bits per heavy atom. The first-order chi connectivity index (χ1) is 15.3. The number of piperidine rings is 1. The topological polar surface area (TPSA) is 80.2 Å². The zero-order chi connectivity index (χ0) is 22.7. The van der Waals surface area contributed by atoms with E-state index in [0.717, 1.165) is 37.4 Å². The molecule has 0 radical (unpaired) electrons. The lowest BCUT2D eigenvalue weighted by molar-refractivity contribution is -0.134. The zero-order valence-corrected chi connectivity index (χ0v) is 18.6. The summed E-state index contributed by atoms with van der Waals surface area (Å²) in [5, 5.41) is 3.76. The molecule has 1 aliphatic heterocycles. The van der Waals surface area contributed by atoms with E-state index in [9.17, 15) is 9.18 Å². The van der Waals surface area contributed by atoms with E-state index < -0.39 is 5.95 Å². The van der Waals surface area contributed by atoms with Gasteiger partial charge in [0.05, 0.1) is 11.7 Å². The molecule has 1 amide bonds. The smallest absolute Gasteiger partial charge is 0.223 e. The highest BCUT2D eigenvalue weighted by molar-refractivity contribution is 5.89. The minimum Gasteiger partial charge on any atom is -0.490 e. The number of fused-ring (bicyclic) bond motifs is 1. The van der Waals surface area contributed by atoms with Crippen molar-refractivity contribution in [2.24, 2.45) is 5.41 Å². The number of anilines is 2. The van der Waals surface area contributed by atoms with Crippen LogP contribution >= 0.6 is 0 Å². The summed E-state index contributed by atoms with van der Waals surface area (Å²) in [5.74, 6) is 0.930. The molecule has 0 bridgehead atoms. The van der Waals surface area contributed by atoms with Crippen LogP contribution in [0.15, 0.2) is 42.9 Å². The predicted molar refractivity (Wildman–Crippen MR) is 121 cm³/mol. The number of nitrogens with one attached hydrogen (secondary N) is 1. The molecule has 2 aromatic heterocycles. The molecule has 1 aliphatic rings. The lowest BCUT2D eigenvalue weighted by Gasteiger charge is -2.33. The third-order valence-corrected chi connectivity index (χ3v) is 5.38. The van der Waals surface area contributed by atoms with Gasteiger partial charge in [-0.15, -0.1) is 0 Å². The Morgan fingerprint density at radius 3 is 2.56 bits per heavy atom. The number of pyridine rings is 1. The molecular formula is C24H28FN5O2. The molecule has 8 heteroatoms. The molecule has 0 saturated carbocycles. The molecule has 1 N–H and O–H groups in total. The molecule has 3 heterocycles. The van der Waals surface area contributed by atoms with Gasteiger partial charge in [0.1, 0.15) is 24.0 Å². The van der Waals surface area contributed by atoms with Crippen LogP contribution in [0.5, 0.6) is 5.75 Å². The van der Waals surface area contributed by atoms with E-state index in [1.165, 1.54) is 18.6 Å². The maximum atomic E-state index is 13.5. The SMILES string of the molecule is CC(C)(C)CC(=O)N1CCC(Oc2ccc(Nc3ncnc4cnc(F)cc34)cc2)CC1. The van der Waals surface area contributed by atoms with Crippen LogP contribution in [-0.4, -0.2) is 45.0 Å². The molecule has 7 nitrogen and oxygen atoms in total. The number of likely N-dealkylation sites (tertiary alicyclic amines) is 1. The Kier molecular flexibility index (Phi) is 6.21. The second kappa shape index (κ2) is 9.06. The lowest BCUT2D eigenvalue weighted by atomic mass is 9.91. The fraction of sp³-hybridized carbons (Fsp3) is 0.417. The van der Waals surface area contributed by atoms with E-state index in [-0.39, 0.29) is 17.4 Å². The van der Waals surface area contributed by atoms with Crippen LogP contribution in [-0.2, 0) is 4.79 Å². The number of ether oxygens (including phenoxy) is 1. The van der Waals surface area contributed by atoms with Crippen LogP contribution in [0.2, 0.25) is 0 Å². The summed E-state index contributed by atoms with van der Waals surface area (Å²) in [6.07, 6.45) is 5.10. The Bertz CT molecular complexity index is 1090. The minimum atomic E-state index is -0.578. The van der Waals surface area contributed by atoms with Gasteiger partial charge in [-0.2, -0.15) is 4.39 Å². The Balaban J connectivity index is 1.33. The maximum Gasteiger partial charge on any atom is 0.223 e. The number of benzene rings is 1. The van der Waals surface area contributed by atoms with Crippen molar-refractivity contribution in [3.8, 4) is 5.75 Å². The van der Waals surface area contributed by atoms with Gasteiger partial charge in [-0.3, -0.25) is 4.79 Å². The molecule has 1 aromatic carbocycles. The standard InChI is InChI=1S/C24H28FN5O2/c1-24(2,3)13-22(31)30-10-8-18(9-11-30)32-17-6-4-16(5-7-17)29-23-19-12-21(25)26-14-20(19)27-15-28-23/h4-7,12,14-15,18H,8-11,13H2,1-3H3,(H,27,28,29). The summed E-state index contributed by atoms with van der Waals surface area (Å²) >= 11 is 0. The number of halogens is 1.